The van der Waals surface area contributed by atoms with E-state index in [-0.39, 0.29) is 25.8 Å². The summed E-state index contributed by atoms with van der Waals surface area (Å²) in [4.78, 5) is 23.0. The lowest BCUT2D eigenvalue weighted by Crippen LogP contribution is -2.37. The third kappa shape index (κ3) is 50.7. The number of phosphoric ester groups is 1. The molecule has 0 aliphatic rings. The summed E-state index contributed by atoms with van der Waals surface area (Å²) in [5, 5.41) is 0. The number of ether oxygens (including phenoxy) is 2. The fourth-order valence-corrected chi connectivity index (χ4v) is 7.47. The number of phosphoric acid groups is 1. The Labute approximate surface area is 395 Å². The van der Waals surface area contributed by atoms with Gasteiger partial charge in [0.25, 0.3) is 0 Å². The van der Waals surface area contributed by atoms with Gasteiger partial charge in [-0.1, -0.05) is 189 Å². The minimum Gasteiger partial charge on any atom is -0.457 e. The number of allylic oxidation sites excluding steroid dienone is 14. The van der Waals surface area contributed by atoms with Gasteiger partial charge in [0.15, 0.2) is 0 Å². The number of hydrogen-bond acceptors (Lipinski definition) is 6. The predicted molar refractivity (Wildman–Crippen MR) is 275 cm³/mol. The molecule has 1 N–H and O–H groups in total. The highest BCUT2D eigenvalue weighted by molar-refractivity contribution is 7.47. The van der Waals surface area contributed by atoms with Crippen LogP contribution in [0, 0.1) is 0 Å². The summed E-state index contributed by atoms with van der Waals surface area (Å²) >= 11 is 0. The van der Waals surface area contributed by atoms with Crippen molar-refractivity contribution >= 4 is 13.8 Å². The highest BCUT2D eigenvalue weighted by atomic mass is 31.2. The fourth-order valence-electron chi connectivity index (χ4n) is 6.73. The molecule has 8 nitrogen and oxygen atoms in total. The minimum atomic E-state index is -4.29. The van der Waals surface area contributed by atoms with Gasteiger partial charge in [-0.15, -0.1) is 0 Å². The molecule has 0 aromatic heterocycles. The summed E-state index contributed by atoms with van der Waals surface area (Å²) in [6.07, 6.45) is 63.4. The molecule has 370 valence electrons. The first-order valence-electron chi connectivity index (χ1n) is 25.8. The molecule has 2 atom stereocenters. The van der Waals surface area contributed by atoms with Gasteiger partial charge in [0.05, 0.1) is 34.4 Å². The van der Waals surface area contributed by atoms with Crippen molar-refractivity contribution in [1.82, 2.24) is 0 Å². The topological polar surface area (TPSA) is 91.3 Å². The lowest BCUT2D eigenvalue weighted by atomic mass is 10.1. The van der Waals surface area contributed by atoms with E-state index >= 15 is 0 Å². The molecule has 0 spiro atoms. The van der Waals surface area contributed by atoms with Crippen LogP contribution in [0.15, 0.2) is 85.1 Å². The predicted octanol–water partition coefficient (Wildman–Crippen LogP) is 16.0. The van der Waals surface area contributed by atoms with Crippen molar-refractivity contribution in [2.24, 2.45) is 0 Å². The van der Waals surface area contributed by atoms with Crippen LogP contribution in [0.4, 0.5) is 0 Å². The number of hydrogen-bond donors (Lipinski definition) is 1. The minimum absolute atomic E-state index is 0.0809. The van der Waals surface area contributed by atoms with Crippen molar-refractivity contribution in [2.75, 3.05) is 54.1 Å². The first kappa shape index (κ1) is 61.7. The van der Waals surface area contributed by atoms with Gasteiger partial charge in [-0.05, 0) is 89.9 Å². The Hall–Kier alpha value is -2.32. The zero-order chi connectivity index (χ0) is 46.9. The maximum Gasteiger partial charge on any atom is 0.472 e. The number of quaternary nitrogens is 1. The molecular weight excluding hydrogens is 818 g/mol. The Kier molecular flexibility index (Phi) is 45.5. The van der Waals surface area contributed by atoms with Gasteiger partial charge in [0.1, 0.15) is 19.3 Å². The highest BCUT2D eigenvalue weighted by Gasteiger charge is 2.26. The second-order valence-electron chi connectivity index (χ2n) is 18.2. The standard InChI is InChI=1S/C55H98NO7P/c1-6-8-10-12-14-16-18-20-22-24-25-26-27-28-29-30-31-32-33-35-37-39-41-43-45-47-50-60-52-54(53-62-64(58,59)61-51-49-56(3,4)5)63-55(57)48-46-44-42-40-38-36-34-23-21-19-17-15-13-11-9-7-2/h8,10,14,16-17,19-20,22-23,25-26,28-29,34,54H,6-7,9,11-13,15,18,21,24,27,30-33,35-53H2,1-5H3/p+1/b10-8-,16-14-,19-17-,22-20-,26-25-,29-28-,34-23-. The van der Waals surface area contributed by atoms with Crippen LogP contribution in [-0.2, 0) is 27.9 Å². The first-order chi connectivity index (χ1) is 31.1. The zero-order valence-electron chi connectivity index (χ0n) is 42.0. The molecule has 0 amide bonds. The van der Waals surface area contributed by atoms with Crippen molar-refractivity contribution < 1.29 is 37.3 Å². The fraction of sp³-hybridized carbons (Fsp3) is 0.727. The van der Waals surface area contributed by atoms with E-state index in [1.165, 1.54) is 89.9 Å². The van der Waals surface area contributed by atoms with Crippen LogP contribution in [0.2, 0.25) is 0 Å². The van der Waals surface area contributed by atoms with Gasteiger partial charge in [-0.25, -0.2) is 4.57 Å². The largest absolute Gasteiger partial charge is 0.472 e. The smallest absolute Gasteiger partial charge is 0.457 e. The summed E-state index contributed by atoms with van der Waals surface area (Å²) in [5.41, 5.74) is 0. The van der Waals surface area contributed by atoms with Crippen molar-refractivity contribution in [2.45, 2.75) is 206 Å². The summed E-state index contributed by atoms with van der Waals surface area (Å²) in [5.74, 6) is -0.331. The molecule has 0 saturated carbocycles. The average Bonchev–Trinajstić information content (AvgIpc) is 3.25. The molecule has 2 unspecified atom stereocenters. The number of rotatable bonds is 47. The molecule has 0 fully saturated rings. The second-order valence-corrected chi connectivity index (χ2v) is 19.6. The third-order valence-electron chi connectivity index (χ3n) is 10.7. The van der Waals surface area contributed by atoms with Crippen LogP contribution in [0.1, 0.15) is 200 Å². The Morgan fingerprint density at radius 1 is 0.500 bits per heavy atom. The molecule has 0 heterocycles. The molecule has 0 aliphatic heterocycles. The van der Waals surface area contributed by atoms with E-state index in [0.717, 1.165) is 89.9 Å². The number of nitrogens with zero attached hydrogens (tertiary/aromatic N) is 1. The van der Waals surface area contributed by atoms with Gasteiger partial charge in [0, 0.05) is 13.0 Å². The van der Waals surface area contributed by atoms with Crippen molar-refractivity contribution in [3.05, 3.63) is 85.1 Å². The Bertz CT molecular complexity index is 1300. The Morgan fingerprint density at radius 2 is 0.906 bits per heavy atom. The lowest BCUT2D eigenvalue weighted by Gasteiger charge is -2.24. The van der Waals surface area contributed by atoms with E-state index < -0.39 is 13.9 Å². The number of likely N-dealkylation sites (N-methyl/N-ethyl adjacent to an activating group) is 1. The summed E-state index contributed by atoms with van der Waals surface area (Å²) in [6, 6.07) is 0. The first-order valence-corrected chi connectivity index (χ1v) is 27.3. The lowest BCUT2D eigenvalue weighted by molar-refractivity contribution is -0.870. The molecule has 0 aromatic rings. The van der Waals surface area contributed by atoms with E-state index in [4.69, 9.17) is 18.5 Å². The molecule has 0 rings (SSSR count). The van der Waals surface area contributed by atoms with Crippen molar-refractivity contribution in [3.8, 4) is 0 Å². The molecule has 0 aliphatic carbocycles. The van der Waals surface area contributed by atoms with Gasteiger partial charge in [-0.3, -0.25) is 13.8 Å². The van der Waals surface area contributed by atoms with E-state index in [1.807, 2.05) is 21.1 Å². The zero-order valence-corrected chi connectivity index (χ0v) is 42.9. The summed E-state index contributed by atoms with van der Waals surface area (Å²) in [7, 11) is 1.65. The normalized spacial score (nSPS) is 14.3. The second kappa shape index (κ2) is 47.2. The third-order valence-corrected chi connectivity index (χ3v) is 11.7. The van der Waals surface area contributed by atoms with E-state index in [0.29, 0.717) is 24.1 Å². The van der Waals surface area contributed by atoms with Crippen LogP contribution in [0.5, 0.6) is 0 Å². The maximum atomic E-state index is 12.7. The molecule has 0 radical (unpaired) electrons. The van der Waals surface area contributed by atoms with Gasteiger partial charge < -0.3 is 18.9 Å². The van der Waals surface area contributed by atoms with Gasteiger partial charge >= 0.3 is 13.8 Å². The average molecular weight is 917 g/mol. The number of esters is 1. The van der Waals surface area contributed by atoms with Crippen molar-refractivity contribution in [1.29, 1.82) is 0 Å². The van der Waals surface area contributed by atoms with E-state index in [9.17, 15) is 14.3 Å². The monoisotopic (exact) mass is 917 g/mol. The molecule has 0 bridgehead atoms. The number of carbonyl (C=O) groups is 1. The van der Waals surface area contributed by atoms with E-state index in [1.54, 1.807) is 0 Å². The van der Waals surface area contributed by atoms with Crippen molar-refractivity contribution in [3.63, 3.8) is 0 Å². The molecule has 0 aromatic carbocycles. The maximum absolute atomic E-state index is 12.7. The SMILES string of the molecule is CC/C=C\C/C=C\C/C=C\C/C=C\C/C=C\CCCCCCCCCCCCOCC(COP(=O)(O)OCC[N+](C)(C)C)OC(=O)CCCCCCC/C=C\C/C=C\CCCCCC. The quantitative estimate of drug-likeness (QED) is 0.0214. The Morgan fingerprint density at radius 3 is 1.36 bits per heavy atom. The van der Waals surface area contributed by atoms with Crippen LogP contribution in [0.25, 0.3) is 0 Å². The molecular formula is C55H99NO7P+. The number of unbranched alkanes of at least 4 members (excludes halogenated alkanes) is 19. The van der Waals surface area contributed by atoms with Gasteiger partial charge in [-0.2, -0.15) is 0 Å². The van der Waals surface area contributed by atoms with Crippen LogP contribution in [0.3, 0.4) is 0 Å². The number of carbonyl (C=O) groups excluding carboxylic acids is 1. The van der Waals surface area contributed by atoms with Crippen LogP contribution < -0.4 is 0 Å². The summed E-state index contributed by atoms with van der Waals surface area (Å²) in [6.45, 7) is 5.46. The molecule has 64 heavy (non-hydrogen) atoms. The van der Waals surface area contributed by atoms with Crippen LogP contribution >= 0.6 is 7.82 Å². The van der Waals surface area contributed by atoms with E-state index in [2.05, 4.69) is 98.9 Å². The molecule has 0 saturated heterocycles. The Balaban J connectivity index is 4.15. The summed E-state index contributed by atoms with van der Waals surface area (Å²) < 4.78 is 35.1. The van der Waals surface area contributed by atoms with Gasteiger partial charge in [0.2, 0.25) is 0 Å². The highest BCUT2D eigenvalue weighted by Crippen LogP contribution is 2.43. The molecule has 9 heteroatoms. The van der Waals surface area contributed by atoms with Crippen LogP contribution in [-0.4, -0.2) is 75.6 Å².